The van der Waals surface area contributed by atoms with Crippen LogP contribution in [0.15, 0.2) is 48.5 Å². The number of carbonyl (C=O) groups is 2. The first-order valence-electron chi connectivity index (χ1n) is 7.49. The maximum atomic E-state index is 13.5. The number of nitrogens with one attached hydrogen (secondary N) is 2. The van der Waals surface area contributed by atoms with Crippen molar-refractivity contribution in [2.45, 2.75) is 19.4 Å². The van der Waals surface area contributed by atoms with Gasteiger partial charge in [-0.05, 0) is 43.2 Å². The molecule has 0 saturated heterocycles. The zero-order chi connectivity index (χ0) is 17.5. The van der Waals surface area contributed by atoms with E-state index >= 15 is 0 Å². The maximum Gasteiger partial charge on any atom is 0.313 e. The first kappa shape index (κ1) is 17.5. The second kappa shape index (κ2) is 8.10. The Bertz CT molecular complexity index is 734. The molecule has 0 bridgehead atoms. The van der Waals surface area contributed by atoms with Crippen LogP contribution in [0.2, 0.25) is 0 Å². The zero-order valence-corrected chi connectivity index (χ0v) is 13.5. The third-order valence-corrected chi connectivity index (χ3v) is 3.38. The summed E-state index contributed by atoms with van der Waals surface area (Å²) in [5.74, 6) is -1.59. The number of benzene rings is 2. The van der Waals surface area contributed by atoms with Gasteiger partial charge in [-0.2, -0.15) is 0 Å². The number of amides is 2. The monoisotopic (exact) mass is 330 g/mol. The van der Waals surface area contributed by atoms with Crippen molar-refractivity contribution in [2.24, 2.45) is 0 Å². The van der Waals surface area contributed by atoms with Gasteiger partial charge in [0.25, 0.3) is 0 Å². The van der Waals surface area contributed by atoms with Gasteiger partial charge in [-0.25, -0.2) is 4.39 Å². The van der Waals surface area contributed by atoms with Gasteiger partial charge in [0, 0.05) is 6.04 Å². The van der Waals surface area contributed by atoms with Crippen LogP contribution in [0.25, 0.3) is 0 Å². The first-order chi connectivity index (χ1) is 11.5. The van der Waals surface area contributed by atoms with Gasteiger partial charge in [0.15, 0.2) is 0 Å². The van der Waals surface area contributed by atoms with Crippen molar-refractivity contribution in [2.75, 3.05) is 12.4 Å². The van der Waals surface area contributed by atoms with E-state index in [2.05, 4.69) is 10.6 Å². The first-order valence-corrected chi connectivity index (χ1v) is 7.49. The highest BCUT2D eigenvalue weighted by Gasteiger charge is 2.17. The van der Waals surface area contributed by atoms with E-state index in [0.717, 1.165) is 11.3 Å². The lowest BCUT2D eigenvalue weighted by atomic mass is 10.1. The lowest BCUT2D eigenvalue weighted by Gasteiger charge is -2.14. The number of rotatable bonds is 5. The van der Waals surface area contributed by atoms with Crippen LogP contribution in [-0.4, -0.2) is 25.0 Å². The normalized spacial score (nSPS) is 11.5. The van der Waals surface area contributed by atoms with Crippen molar-refractivity contribution in [3.8, 4) is 5.75 Å². The Morgan fingerprint density at radius 1 is 1.12 bits per heavy atom. The number of halogens is 1. The fourth-order valence-corrected chi connectivity index (χ4v) is 2.24. The number of ether oxygens (including phenoxy) is 1. The van der Waals surface area contributed by atoms with Gasteiger partial charge in [0.2, 0.25) is 0 Å². The highest BCUT2D eigenvalue weighted by molar-refractivity contribution is 6.39. The van der Waals surface area contributed by atoms with Crippen molar-refractivity contribution < 1.29 is 18.7 Å². The predicted molar refractivity (Wildman–Crippen MR) is 89.3 cm³/mol. The summed E-state index contributed by atoms with van der Waals surface area (Å²) in [4.78, 5) is 23.8. The highest BCUT2D eigenvalue weighted by Crippen LogP contribution is 2.14. The topological polar surface area (TPSA) is 67.4 Å². The Labute approximate surface area is 139 Å². The average Bonchev–Trinajstić information content (AvgIpc) is 2.56. The molecule has 2 N–H and O–H groups in total. The van der Waals surface area contributed by atoms with E-state index < -0.39 is 17.6 Å². The molecule has 0 fully saturated rings. The molecule has 2 rings (SSSR count). The number of para-hydroxylation sites is 1. The number of methoxy groups -OCH3 is 1. The number of hydrogen-bond acceptors (Lipinski definition) is 3. The molecule has 0 spiro atoms. The molecule has 0 radical (unpaired) electrons. The lowest BCUT2D eigenvalue weighted by Crippen LogP contribution is -2.41. The summed E-state index contributed by atoms with van der Waals surface area (Å²) in [6.07, 6.45) is 0.538. The predicted octanol–water partition coefficient (Wildman–Crippen LogP) is 2.52. The summed E-state index contributed by atoms with van der Waals surface area (Å²) in [5.41, 5.74) is 0.940. The molecule has 0 saturated carbocycles. The van der Waals surface area contributed by atoms with Gasteiger partial charge in [0.1, 0.15) is 11.6 Å². The van der Waals surface area contributed by atoms with Crippen LogP contribution >= 0.6 is 0 Å². The van der Waals surface area contributed by atoms with Gasteiger partial charge in [0.05, 0.1) is 12.8 Å². The lowest BCUT2D eigenvalue weighted by molar-refractivity contribution is -0.136. The summed E-state index contributed by atoms with van der Waals surface area (Å²) in [5, 5.41) is 4.84. The van der Waals surface area contributed by atoms with Gasteiger partial charge >= 0.3 is 11.8 Å². The molecule has 0 aromatic heterocycles. The molecule has 2 aromatic carbocycles. The Hall–Kier alpha value is -2.89. The largest absolute Gasteiger partial charge is 0.497 e. The fraction of sp³-hybridized carbons (Fsp3) is 0.222. The molecule has 0 unspecified atom stereocenters. The second-order valence-corrected chi connectivity index (χ2v) is 5.36. The Morgan fingerprint density at radius 2 is 1.88 bits per heavy atom. The Balaban J connectivity index is 1.91. The molecule has 5 nitrogen and oxygen atoms in total. The minimum atomic E-state index is -0.905. The van der Waals surface area contributed by atoms with E-state index in [4.69, 9.17) is 4.74 Å². The third-order valence-electron chi connectivity index (χ3n) is 3.38. The number of anilines is 1. The molecule has 2 aromatic rings. The van der Waals surface area contributed by atoms with E-state index in [1.54, 1.807) is 20.1 Å². The average molecular weight is 330 g/mol. The van der Waals surface area contributed by atoms with Gasteiger partial charge in [-0.3, -0.25) is 9.59 Å². The minimum Gasteiger partial charge on any atom is -0.497 e. The van der Waals surface area contributed by atoms with E-state index in [0.29, 0.717) is 6.42 Å². The van der Waals surface area contributed by atoms with E-state index in [-0.39, 0.29) is 11.7 Å². The third kappa shape index (κ3) is 4.81. The molecule has 24 heavy (non-hydrogen) atoms. The van der Waals surface area contributed by atoms with Crippen LogP contribution in [0.1, 0.15) is 12.5 Å². The van der Waals surface area contributed by atoms with Crippen molar-refractivity contribution in [1.29, 1.82) is 0 Å². The summed E-state index contributed by atoms with van der Waals surface area (Å²) < 4.78 is 18.6. The van der Waals surface area contributed by atoms with Crippen molar-refractivity contribution in [1.82, 2.24) is 5.32 Å². The van der Waals surface area contributed by atoms with Crippen LogP contribution in [-0.2, 0) is 16.0 Å². The molecule has 2 amide bonds. The van der Waals surface area contributed by atoms with Crippen molar-refractivity contribution in [3.63, 3.8) is 0 Å². The van der Waals surface area contributed by atoms with Crippen molar-refractivity contribution in [3.05, 3.63) is 59.9 Å². The zero-order valence-electron chi connectivity index (χ0n) is 13.5. The van der Waals surface area contributed by atoms with E-state index in [9.17, 15) is 14.0 Å². The van der Waals surface area contributed by atoms with Crippen LogP contribution in [0.5, 0.6) is 5.75 Å². The van der Waals surface area contributed by atoms with Crippen LogP contribution in [0.4, 0.5) is 10.1 Å². The van der Waals surface area contributed by atoms with Gasteiger partial charge in [-0.15, -0.1) is 0 Å². The fourth-order valence-electron chi connectivity index (χ4n) is 2.24. The molecular weight excluding hydrogens is 311 g/mol. The molecular formula is C18H19FN2O3. The molecule has 1 atom stereocenters. The van der Waals surface area contributed by atoms with E-state index in [1.165, 1.54) is 18.2 Å². The summed E-state index contributed by atoms with van der Waals surface area (Å²) >= 11 is 0. The smallest absolute Gasteiger partial charge is 0.313 e. The Morgan fingerprint density at radius 3 is 2.58 bits per heavy atom. The standard InChI is InChI=1S/C18H19FN2O3/c1-12(10-13-6-5-7-14(11-13)24-2)20-17(22)18(23)21-16-9-4-3-8-15(16)19/h3-9,11-12H,10H2,1-2H3,(H,20,22)(H,21,23)/t12-/m0/s1. The van der Waals surface area contributed by atoms with Gasteiger partial charge < -0.3 is 15.4 Å². The molecule has 0 heterocycles. The molecule has 0 aliphatic heterocycles. The van der Waals surface area contributed by atoms with Gasteiger partial charge in [-0.1, -0.05) is 24.3 Å². The second-order valence-electron chi connectivity index (χ2n) is 5.36. The minimum absolute atomic E-state index is 0.0295. The Kier molecular flexibility index (Phi) is 5.89. The summed E-state index contributed by atoms with van der Waals surface area (Å²) in [6, 6.07) is 12.9. The van der Waals surface area contributed by atoms with Crippen molar-refractivity contribution >= 4 is 17.5 Å². The molecule has 0 aliphatic rings. The van der Waals surface area contributed by atoms with Crippen LogP contribution < -0.4 is 15.4 Å². The van der Waals surface area contributed by atoms with E-state index in [1.807, 2.05) is 24.3 Å². The quantitative estimate of drug-likeness (QED) is 0.828. The van der Waals surface area contributed by atoms with Crippen LogP contribution in [0, 0.1) is 5.82 Å². The highest BCUT2D eigenvalue weighted by atomic mass is 19.1. The SMILES string of the molecule is COc1cccc(C[C@H](C)NC(=O)C(=O)Nc2ccccc2F)c1. The maximum absolute atomic E-state index is 13.5. The number of carbonyl (C=O) groups excluding carboxylic acids is 2. The number of hydrogen-bond donors (Lipinski definition) is 2. The molecule has 0 aliphatic carbocycles. The summed E-state index contributed by atoms with van der Waals surface area (Å²) in [6.45, 7) is 1.79. The van der Waals surface area contributed by atoms with Crippen LogP contribution in [0.3, 0.4) is 0 Å². The summed E-state index contributed by atoms with van der Waals surface area (Å²) in [7, 11) is 1.58. The molecule has 6 heteroatoms. The molecule has 126 valence electrons.